The van der Waals surface area contributed by atoms with Gasteiger partial charge in [0, 0.05) is 17.1 Å². The largest absolute Gasteiger partial charge is 0.395 e. The molecule has 0 radical (unpaired) electrons. The number of anilines is 1. The fourth-order valence-corrected chi connectivity index (χ4v) is 2.63. The Morgan fingerprint density at radius 2 is 2.04 bits per heavy atom. The van der Waals surface area contributed by atoms with Crippen LogP contribution >= 0.6 is 11.6 Å². The molecular formula is C17H16ClN3O2. The summed E-state index contributed by atoms with van der Waals surface area (Å²) < 4.78 is 1.81. The van der Waals surface area contributed by atoms with Crippen LogP contribution in [0.5, 0.6) is 0 Å². The second-order valence-electron chi connectivity index (χ2n) is 5.09. The first-order valence-electron chi connectivity index (χ1n) is 7.28. The van der Waals surface area contributed by atoms with Gasteiger partial charge in [0.25, 0.3) is 0 Å². The van der Waals surface area contributed by atoms with E-state index in [9.17, 15) is 4.79 Å². The van der Waals surface area contributed by atoms with Crippen LogP contribution in [0.3, 0.4) is 0 Å². The molecule has 0 aliphatic heterocycles. The van der Waals surface area contributed by atoms with Crippen LogP contribution in [0.25, 0.3) is 11.0 Å². The molecule has 0 bridgehead atoms. The van der Waals surface area contributed by atoms with Gasteiger partial charge in [0.1, 0.15) is 0 Å². The van der Waals surface area contributed by atoms with E-state index in [-0.39, 0.29) is 18.9 Å². The Kier molecular flexibility index (Phi) is 4.60. The number of carbonyl (C=O) groups is 1. The first kappa shape index (κ1) is 15.5. The van der Waals surface area contributed by atoms with Crippen LogP contribution in [0.15, 0.2) is 48.5 Å². The lowest BCUT2D eigenvalue weighted by Crippen LogP contribution is -2.15. The van der Waals surface area contributed by atoms with Gasteiger partial charge in [-0.2, -0.15) is 0 Å². The summed E-state index contributed by atoms with van der Waals surface area (Å²) in [6, 6.07) is 14.5. The Hall–Kier alpha value is -2.37. The van der Waals surface area contributed by atoms with E-state index < -0.39 is 0 Å². The smallest absolute Gasteiger partial charge is 0.204 e. The highest BCUT2D eigenvalue weighted by Gasteiger charge is 2.14. The summed E-state index contributed by atoms with van der Waals surface area (Å²) in [5, 5.41) is 12.6. The molecule has 0 spiro atoms. The average Bonchev–Trinajstić information content (AvgIpc) is 2.90. The standard InChI is InChI=1S/C17H16ClN3O2/c18-13-5-3-4-12(10-13)16(23)11-21-15-7-2-1-6-14(15)20-17(21)19-8-9-22/h1-7,10,22H,8-9,11H2,(H,19,20). The highest BCUT2D eigenvalue weighted by atomic mass is 35.5. The van der Waals surface area contributed by atoms with Crippen LogP contribution in [-0.2, 0) is 6.54 Å². The quantitative estimate of drug-likeness (QED) is 0.682. The number of aromatic nitrogens is 2. The molecule has 3 aromatic rings. The SMILES string of the molecule is O=C(Cn1c(NCCO)nc2ccccc21)c1cccc(Cl)c1. The van der Waals surface area contributed by atoms with E-state index in [1.54, 1.807) is 24.3 Å². The number of ketones is 1. The lowest BCUT2D eigenvalue weighted by Gasteiger charge is -2.10. The van der Waals surface area contributed by atoms with Gasteiger partial charge < -0.3 is 15.0 Å². The van der Waals surface area contributed by atoms with Gasteiger partial charge in [0.15, 0.2) is 5.78 Å². The van der Waals surface area contributed by atoms with Crippen molar-refractivity contribution in [3.63, 3.8) is 0 Å². The molecule has 0 saturated carbocycles. The molecule has 2 N–H and O–H groups in total. The summed E-state index contributed by atoms with van der Waals surface area (Å²) >= 11 is 5.95. The van der Waals surface area contributed by atoms with E-state index in [4.69, 9.17) is 16.7 Å². The number of carbonyl (C=O) groups excluding carboxylic acids is 1. The van der Waals surface area contributed by atoms with Crippen molar-refractivity contribution in [1.82, 2.24) is 9.55 Å². The van der Waals surface area contributed by atoms with Crippen molar-refractivity contribution in [3.05, 3.63) is 59.1 Å². The molecule has 0 aliphatic carbocycles. The van der Waals surface area contributed by atoms with Crippen LogP contribution < -0.4 is 5.32 Å². The molecule has 0 fully saturated rings. The van der Waals surface area contributed by atoms with Gasteiger partial charge in [-0.05, 0) is 24.3 Å². The van der Waals surface area contributed by atoms with Gasteiger partial charge in [-0.3, -0.25) is 4.79 Å². The van der Waals surface area contributed by atoms with Crippen molar-refractivity contribution >= 4 is 34.4 Å². The Labute approximate surface area is 138 Å². The number of halogens is 1. The van der Waals surface area contributed by atoms with E-state index in [0.29, 0.717) is 23.1 Å². The molecule has 5 nitrogen and oxygen atoms in total. The fourth-order valence-electron chi connectivity index (χ4n) is 2.44. The number of fused-ring (bicyclic) bond motifs is 1. The van der Waals surface area contributed by atoms with E-state index >= 15 is 0 Å². The fraction of sp³-hybridized carbons (Fsp3) is 0.176. The number of imidazole rings is 1. The number of Topliss-reactive ketones (excluding diaryl/α,β-unsaturated/α-hetero) is 1. The number of aliphatic hydroxyl groups excluding tert-OH is 1. The highest BCUT2D eigenvalue weighted by molar-refractivity contribution is 6.31. The van der Waals surface area contributed by atoms with Gasteiger partial charge in [-0.1, -0.05) is 35.9 Å². The maximum Gasteiger partial charge on any atom is 0.204 e. The van der Waals surface area contributed by atoms with Crippen molar-refractivity contribution in [2.24, 2.45) is 0 Å². The highest BCUT2D eigenvalue weighted by Crippen LogP contribution is 2.21. The van der Waals surface area contributed by atoms with E-state index in [0.717, 1.165) is 11.0 Å². The number of hydrogen-bond acceptors (Lipinski definition) is 4. The number of rotatable bonds is 6. The van der Waals surface area contributed by atoms with Crippen LogP contribution in [0.2, 0.25) is 5.02 Å². The number of hydrogen-bond donors (Lipinski definition) is 2. The molecule has 0 unspecified atom stereocenters. The van der Waals surface area contributed by atoms with Crippen LogP contribution in [0, 0.1) is 0 Å². The van der Waals surface area contributed by atoms with Gasteiger partial charge in [-0.15, -0.1) is 0 Å². The lowest BCUT2D eigenvalue weighted by atomic mass is 10.1. The summed E-state index contributed by atoms with van der Waals surface area (Å²) in [5.41, 5.74) is 2.22. The summed E-state index contributed by atoms with van der Waals surface area (Å²) in [5.74, 6) is 0.512. The number of nitrogens with zero attached hydrogens (tertiary/aromatic N) is 2. The summed E-state index contributed by atoms with van der Waals surface area (Å²) in [4.78, 5) is 17.0. The zero-order chi connectivity index (χ0) is 16.2. The second kappa shape index (κ2) is 6.81. The molecule has 0 aliphatic rings. The summed E-state index contributed by atoms with van der Waals surface area (Å²) in [6.07, 6.45) is 0. The molecule has 6 heteroatoms. The molecule has 1 aromatic heterocycles. The minimum atomic E-state index is -0.0531. The summed E-state index contributed by atoms with van der Waals surface area (Å²) in [7, 11) is 0. The Morgan fingerprint density at radius 3 is 2.83 bits per heavy atom. The van der Waals surface area contributed by atoms with Crippen molar-refractivity contribution in [2.45, 2.75) is 6.54 Å². The molecule has 2 aromatic carbocycles. The Bertz CT molecular complexity index is 845. The average molecular weight is 330 g/mol. The first-order valence-corrected chi connectivity index (χ1v) is 7.65. The molecule has 1 heterocycles. The predicted molar refractivity (Wildman–Crippen MR) is 91.1 cm³/mol. The number of nitrogens with one attached hydrogen (secondary N) is 1. The molecule has 23 heavy (non-hydrogen) atoms. The first-order chi connectivity index (χ1) is 11.2. The van der Waals surface area contributed by atoms with Gasteiger partial charge in [0.2, 0.25) is 5.95 Å². The van der Waals surface area contributed by atoms with E-state index in [1.165, 1.54) is 0 Å². The molecule has 0 saturated heterocycles. The third-order valence-corrected chi connectivity index (χ3v) is 3.73. The van der Waals surface area contributed by atoms with Gasteiger partial charge in [0.05, 0.1) is 24.2 Å². The maximum absolute atomic E-state index is 12.5. The number of aliphatic hydroxyl groups is 1. The number of benzene rings is 2. The molecule has 0 atom stereocenters. The lowest BCUT2D eigenvalue weighted by molar-refractivity contribution is 0.0974. The maximum atomic E-state index is 12.5. The van der Waals surface area contributed by atoms with E-state index in [1.807, 2.05) is 28.8 Å². The monoisotopic (exact) mass is 329 g/mol. The Balaban J connectivity index is 1.96. The van der Waals surface area contributed by atoms with Crippen LogP contribution in [-0.4, -0.2) is 33.6 Å². The minimum absolute atomic E-state index is 0.00849. The van der Waals surface area contributed by atoms with Crippen molar-refractivity contribution in [1.29, 1.82) is 0 Å². The second-order valence-corrected chi connectivity index (χ2v) is 5.53. The molecule has 118 valence electrons. The topological polar surface area (TPSA) is 67.2 Å². The summed E-state index contributed by atoms with van der Waals surface area (Å²) in [6.45, 7) is 0.509. The van der Waals surface area contributed by atoms with Gasteiger partial charge >= 0.3 is 0 Å². The third-order valence-electron chi connectivity index (χ3n) is 3.50. The minimum Gasteiger partial charge on any atom is -0.395 e. The zero-order valence-corrected chi connectivity index (χ0v) is 13.1. The van der Waals surface area contributed by atoms with Crippen molar-refractivity contribution < 1.29 is 9.90 Å². The number of para-hydroxylation sites is 2. The normalized spacial score (nSPS) is 10.9. The molecular weight excluding hydrogens is 314 g/mol. The molecule has 3 rings (SSSR count). The third kappa shape index (κ3) is 3.36. The van der Waals surface area contributed by atoms with Gasteiger partial charge in [-0.25, -0.2) is 4.98 Å². The van der Waals surface area contributed by atoms with Crippen molar-refractivity contribution in [2.75, 3.05) is 18.5 Å². The van der Waals surface area contributed by atoms with Crippen LogP contribution in [0.1, 0.15) is 10.4 Å². The Morgan fingerprint density at radius 1 is 1.22 bits per heavy atom. The van der Waals surface area contributed by atoms with E-state index in [2.05, 4.69) is 10.3 Å². The molecule has 0 amide bonds. The predicted octanol–water partition coefficient (Wildman–Crippen LogP) is 2.98. The zero-order valence-electron chi connectivity index (χ0n) is 12.4. The van der Waals surface area contributed by atoms with Crippen LogP contribution in [0.4, 0.5) is 5.95 Å². The van der Waals surface area contributed by atoms with Crippen molar-refractivity contribution in [3.8, 4) is 0 Å².